The van der Waals surface area contributed by atoms with Gasteiger partial charge in [0.1, 0.15) is 12.4 Å². The third-order valence-electron chi connectivity index (χ3n) is 2.83. The number of non-ortho nitro benzene ring substituents is 1. The number of ether oxygens (including phenoxy) is 1. The molecule has 6 heteroatoms. The molecule has 5 nitrogen and oxygen atoms in total. The summed E-state index contributed by atoms with van der Waals surface area (Å²) in [6.45, 7) is 0.766. The Hall–Kier alpha value is -2.21. The van der Waals surface area contributed by atoms with Crippen molar-refractivity contribution in [3.8, 4) is 5.75 Å². The van der Waals surface area contributed by atoms with E-state index in [1.54, 1.807) is 6.07 Å². The summed E-state index contributed by atoms with van der Waals surface area (Å²) in [7, 11) is 0. The highest BCUT2D eigenvalue weighted by atomic mass is 79.9. The predicted molar refractivity (Wildman–Crippen MR) is 82.0 cm³/mol. The maximum atomic E-state index is 11.1. The summed E-state index contributed by atoms with van der Waals surface area (Å²) in [4.78, 5) is 20.9. The van der Waals surface area contributed by atoms with Gasteiger partial charge in [0.15, 0.2) is 5.78 Å². The molecule has 0 unspecified atom stereocenters. The topological polar surface area (TPSA) is 69.4 Å². The van der Waals surface area contributed by atoms with Crippen LogP contribution in [0, 0.1) is 10.1 Å². The fourth-order valence-corrected chi connectivity index (χ4v) is 2.04. The number of rotatable bonds is 3. The summed E-state index contributed by atoms with van der Waals surface area (Å²) in [5.41, 5.74) is 1.55. The first kappa shape index (κ1) is 15.2. The van der Waals surface area contributed by atoms with Gasteiger partial charge in [-0.25, -0.2) is 0 Å². The second-order valence-electron chi connectivity index (χ2n) is 4.30. The number of Topliss-reactive ketones (excluding diaryl/α,β-unsaturated/α-hetero) is 1. The molecule has 0 radical (unpaired) electrons. The zero-order valence-electron chi connectivity index (χ0n) is 11.0. The number of nitro benzene ring substituents is 1. The average Bonchev–Trinajstić information content (AvgIpc) is 2.56. The van der Waals surface area contributed by atoms with Gasteiger partial charge in [-0.2, -0.15) is 0 Å². The number of benzene rings is 2. The maximum Gasteiger partial charge on any atom is 0.270 e. The van der Waals surface area contributed by atoms with Crippen molar-refractivity contribution in [2.24, 2.45) is 0 Å². The first-order valence-electron chi connectivity index (χ1n) is 6.15. The molecule has 2 aliphatic rings. The van der Waals surface area contributed by atoms with Crippen molar-refractivity contribution in [3.05, 3.63) is 69.8 Å². The average molecular weight is 350 g/mol. The number of nitrogens with zero attached hydrogens (tertiary/aromatic N) is 1. The van der Waals surface area contributed by atoms with E-state index in [1.165, 1.54) is 23.8 Å². The molecule has 0 saturated carbocycles. The Morgan fingerprint density at radius 1 is 1.24 bits per heavy atom. The van der Waals surface area contributed by atoms with Gasteiger partial charge in [0.25, 0.3) is 5.69 Å². The molecule has 0 spiro atoms. The number of alkyl halides is 1. The zero-order chi connectivity index (χ0) is 15.2. The largest absolute Gasteiger partial charge is 0.489 e. The second-order valence-corrected chi connectivity index (χ2v) is 4.86. The lowest BCUT2D eigenvalue weighted by atomic mass is 10.1. The van der Waals surface area contributed by atoms with Crippen molar-refractivity contribution in [2.45, 2.75) is 6.61 Å². The predicted octanol–water partition coefficient (Wildman–Crippen LogP) is 3.75. The van der Waals surface area contributed by atoms with E-state index in [4.69, 9.17) is 4.74 Å². The van der Waals surface area contributed by atoms with Gasteiger partial charge in [0, 0.05) is 17.7 Å². The molecule has 21 heavy (non-hydrogen) atoms. The minimum absolute atomic E-state index is 0.0631. The molecule has 0 saturated heterocycles. The van der Waals surface area contributed by atoms with Crippen LogP contribution < -0.4 is 4.74 Å². The number of ketones is 1. The van der Waals surface area contributed by atoms with Crippen molar-refractivity contribution in [1.82, 2.24) is 0 Å². The van der Waals surface area contributed by atoms with Crippen LogP contribution >= 0.6 is 15.9 Å². The Kier molecular flexibility index (Phi) is 5.05. The van der Waals surface area contributed by atoms with E-state index in [2.05, 4.69) is 28.1 Å². The van der Waals surface area contributed by atoms with Gasteiger partial charge < -0.3 is 4.74 Å². The Bertz CT molecular complexity index is 632. The number of carbonyl (C=O) groups excluding carboxylic acids is 1. The number of carbonyl (C=O) groups is 1. The lowest BCUT2D eigenvalue weighted by Crippen LogP contribution is -2.00. The summed E-state index contributed by atoms with van der Waals surface area (Å²) in [5, 5.41) is 10.5. The third-order valence-corrected chi connectivity index (χ3v) is 3.34. The van der Waals surface area contributed by atoms with Gasteiger partial charge in [-0.15, -0.1) is 0 Å². The first-order valence-corrected chi connectivity index (χ1v) is 7.27. The molecular formula is C15H12BrNO4. The van der Waals surface area contributed by atoms with E-state index in [0.717, 1.165) is 12.4 Å². The summed E-state index contributed by atoms with van der Waals surface area (Å²) >= 11 is 2.99. The lowest BCUT2D eigenvalue weighted by molar-refractivity contribution is -0.384. The molecule has 108 valence electrons. The Morgan fingerprint density at radius 2 is 1.95 bits per heavy atom. The van der Waals surface area contributed by atoms with Crippen LogP contribution in [0.2, 0.25) is 0 Å². The Balaban J connectivity index is 0.000000170. The molecule has 0 amide bonds. The second kappa shape index (κ2) is 6.99. The third kappa shape index (κ3) is 4.13. The molecule has 2 bridgehead atoms. The molecule has 0 aromatic heterocycles. The van der Waals surface area contributed by atoms with E-state index < -0.39 is 4.92 Å². The van der Waals surface area contributed by atoms with Crippen LogP contribution in [-0.2, 0) is 6.61 Å². The monoisotopic (exact) mass is 349 g/mol. The van der Waals surface area contributed by atoms with E-state index in [9.17, 15) is 14.9 Å². The molecule has 2 aromatic carbocycles. The maximum absolute atomic E-state index is 11.1. The van der Waals surface area contributed by atoms with Gasteiger partial charge in [0.05, 0.1) is 10.3 Å². The van der Waals surface area contributed by atoms with Crippen molar-refractivity contribution >= 4 is 27.4 Å². The molecular weight excluding hydrogens is 338 g/mol. The normalized spacial score (nSPS) is 11.1. The van der Waals surface area contributed by atoms with Gasteiger partial charge in [-0.05, 0) is 17.7 Å². The van der Waals surface area contributed by atoms with Gasteiger partial charge in [-0.1, -0.05) is 40.2 Å². The van der Waals surface area contributed by atoms with E-state index in [1.807, 2.05) is 12.1 Å². The van der Waals surface area contributed by atoms with Crippen LogP contribution in [0.3, 0.4) is 0 Å². The highest BCUT2D eigenvalue weighted by molar-refractivity contribution is 9.09. The van der Waals surface area contributed by atoms with Crippen LogP contribution in [0.15, 0.2) is 48.5 Å². The summed E-state index contributed by atoms with van der Waals surface area (Å²) < 4.78 is 5.18. The van der Waals surface area contributed by atoms with Crippen molar-refractivity contribution < 1.29 is 14.5 Å². The molecule has 2 aliphatic heterocycles. The number of hydrogen-bond acceptors (Lipinski definition) is 4. The van der Waals surface area contributed by atoms with Gasteiger partial charge >= 0.3 is 0 Å². The fraction of sp³-hybridized carbons (Fsp3) is 0.133. The molecule has 0 atom stereocenters. The molecule has 2 heterocycles. The van der Waals surface area contributed by atoms with E-state index >= 15 is 0 Å². The lowest BCUT2D eigenvalue weighted by Gasteiger charge is -2.11. The first-order chi connectivity index (χ1) is 10.1. The zero-order valence-corrected chi connectivity index (χ0v) is 12.6. The highest BCUT2D eigenvalue weighted by Crippen LogP contribution is 2.19. The van der Waals surface area contributed by atoms with Crippen LogP contribution in [0.25, 0.3) is 0 Å². The van der Waals surface area contributed by atoms with E-state index in [0.29, 0.717) is 5.56 Å². The molecule has 0 fully saturated rings. The van der Waals surface area contributed by atoms with E-state index in [-0.39, 0.29) is 16.8 Å². The van der Waals surface area contributed by atoms with Crippen LogP contribution in [0.4, 0.5) is 5.69 Å². The van der Waals surface area contributed by atoms with Crippen LogP contribution in [0.1, 0.15) is 15.9 Å². The smallest absolute Gasteiger partial charge is 0.270 e. The summed E-state index contributed by atoms with van der Waals surface area (Å²) in [5.74, 6) is 0.823. The highest BCUT2D eigenvalue weighted by Gasteiger charge is 2.09. The summed E-state index contributed by atoms with van der Waals surface area (Å²) in [6.07, 6.45) is 0. The minimum Gasteiger partial charge on any atom is -0.489 e. The van der Waals surface area contributed by atoms with Crippen molar-refractivity contribution in [3.63, 3.8) is 0 Å². The number of hydrogen-bond donors (Lipinski definition) is 0. The SMILES string of the molecule is O=C(CBr)c1cccc([N+](=O)[O-])c1.c1cc2ccc1CO2. The molecule has 0 aliphatic carbocycles. The van der Waals surface area contributed by atoms with Gasteiger partial charge in [-0.3, -0.25) is 14.9 Å². The molecule has 0 N–H and O–H groups in total. The quantitative estimate of drug-likeness (QED) is 0.366. The van der Waals surface area contributed by atoms with Crippen LogP contribution in [0.5, 0.6) is 5.75 Å². The summed E-state index contributed by atoms with van der Waals surface area (Å²) in [6, 6.07) is 13.8. The fourth-order valence-electron chi connectivity index (χ4n) is 1.72. The van der Waals surface area contributed by atoms with Gasteiger partial charge in [0.2, 0.25) is 0 Å². The molecule has 4 rings (SSSR count). The Labute approximate surface area is 129 Å². The standard InChI is InChI=1S/C8H6BrNO3.C7H6O/c9-5-8(11)6-2-1-3-7(4-6)10(12)13;1-3-7-4-2-6(1)5-8-7/h1-4H,5H2;1-4H,5H2. The van der Waals surface area contributed by atoms with Crippen molar-refractivity contribution in [1.29, 1.82) is 0 Å². The Morgan fingerprint density at radius 3 is 2.33 bits per heavy atom. The van der Waals surface area contributed by atoms with Crippen LogP contribution in [-0.4, -0.2) is 16.0 Å². The number of fused-ring (bicyclic) bond motifs is 3. The minimum atomic E-state index is -0.523. The number of nitro groups is 1. The molecule has 2 aromatic rings. The number of halogens is 1. The van der Waals surface area contributed by atoms with Crippen molar-refractivity contribution in [2.75, 3.05) is 5.33 Å².